The number of hydrogen-bond donors (Lipinski definition) is 1. The second kappa shape index (κ2) is 5.52. The summed E-state index contributed by atoms with van der Waals surface area (Å²) in [4.78, 5) is 11.5. The number of nitrogens with one attached hydrogen (secondary N) is 1. The molecule has 4 heteroatoms. The highest BCUT2D eigenvalue weighted by molar-refractivity contribution is 9.10. The van der Waals surface area contributed by atoms with E-state index in [2.05, 4.69) is 33.1 Å². The molecule has 1 aromatic carbocycles. The van der Waals surface area contributed by atoms with Crippen LogP contribution in [-0.2, 0) is 0 Å². The monoisotopic (exact) mass is 269 g/mol. The van der Waals surface area contributed by atoms with Gasteiger partial charge in [0.1, 0.15) is 5.82 Å². The molecule has 0 saturated carbocycles. The number of carbonyl (C=O) groups is 1. The van der Waals surface area contributed by atoms with E-state index in [9.17, 15) is 9.18 Å². The van der Waals surface area contributed by atoms with E-state index in [4.69, 9.17) is 0 Å². The number of carbonyl (C=O) groups excluding carboxylic acids is 1. The third-order valence-electron chi connectivity index (χ3n) is 1.69. The van der Waals surface area contributed by atoms with Gasteiger partial charge in [-0.25, -0.2) is 4.39 Å². The second-order valence-corrected chi connectivity index (χ2v) is 3.65. The van der Waals surface area contributed by atoms with Crippen molar-refractivity contribution in [1.29, 1.82) is 0 Å². The van der Waals surface area contributed by atoms with E-state index in [1.54, 1.807) is 6.92 Å². The van der Waals surface area contributed by atoms with Crippen molar-refractivity contribution < 1.29 is 9.18 Å². The molecule has 1 amide bonds. The van der Waals surface area contributed by atoms with Crippen molar-refractivity contribution in [2.45, 2.75) is 6.92 Å². The third kappa shape index (κ3) is 3.37. The number of benzene rings is 1. The molecule has 0 unspecified atom stereocenters. The molecule has 0 saturated heterocycles. The van der Waals surface area contributed by atoms with Crippen LogP contribution in [0.5, 0.6) is 0 Å². The van der Waals surface area contributed by atoms with Crippen LogP contribution in [0.4, 0.5) is 4.39 Å². The maximum absolute atomic E-state index is 13.2. The largest absolute Gasteiger partial charge is 0.341 e. The SMILES string of the molecule is CC#CCNC(=O)c1cc(Br)ccc1F. The Bertz CT molecular complexity index is 434. The Morgan fingerprint density at radius 3 is 3.00 bits per heavy atom. The average molecular weight is 270 g/mol. The van der Waals surface area contributed by atoms with E-state index >= 15 is 0 Å². The Morgan fingerprint density at radius 1 is 1.60 bits per heavy atom. The summed E-state index contributed by atoms with van der Waals surface area (Å²) in [6, 6.07) is 4.21. The van der Waals surface area contributed by atoms with Gasteiger partial charge in [-0.15, -0.1) is 5.92 Å². The van der Waals surface area contributed by atoms with Gasteiger partial charge < -0.3 is 5.32 Å². The van der Waals surface area contributed by atoms with Crippen LogP contribution in [0.25, 0.3) is 0 Å². The van der Waals surface area contributed by atoms with Crippen LogP contribution in [0, 0.1) is 17.7 Å². The smallest absolute Gasteiger partial charge is 0.255 e. The van der Waals surface area contributed by atoms with Gasteiger partial charge in [0.05, 0.1) is 12.1 Å². The number of halogens is 2. The van der Waals surface area contributed by atoms with Gasteiger partial charge in [-0.1, -0.05) is 21.9 Å². The van der Waals surface area contributed by atoms with Crippen molar-refractivity contribution in [2.24, 2.45) is 0 Å². The van der Waals surface area contributed by atoms with Crippen LogP contribution >= 0.6 is 15.9 Å². The van der Waals surface area contributed by atoms with Crippen molar-refractivity contribution in [3.63, 3.8) is 0 Å². The van der Waals surface area contributed by atoms with Gasteiger partial charge in [-0.2, -0.15) is 0 Å². The highest BCUT2D eigenvalue weighted by Crippen LogP contribution is 2.15. The van der Waals surface area contributed by atoms with Crippen LogP contribution < -0.4 is 5.32 Å². The Hall–Kier alpha value is -1.34. The predicted molar refractivity (Wildman–Crippen MR) is 59.9 cm³/mol. The molecule has 1 N–H and O–H groups in total. The van der Waals surface area contributed by atoms with Crippen molar-refractivity contribution in [1.82, 2.24) is 5.32 Å². The van der Waals surface area contributed by atoms with Gasteiger partial charge in [-0.3, -0.25) is 4.79 Å². The molecule has 0 spiro atoms. The normalized spacial score (nSPS) is 9.00. The summed E-state index contributed by atoms with van der Waals surface area (Å²) in [7, 11) is 0. The van der Waals surface area contributed by atoms with Gasteiger partial charge in [0.25, 0.3) is 5.91 Å². The minimum absolute atomic E-state index is 0.0160. The topological polar surface area (TPSA) is 29.1 Å². The van der Waals surface area contributed by atoms with Gasteiger partial charge in [-0.05, 0) is 25.1 Å². The molecule has 1 rings (SSSR count). The lowest BCUT2D eigenvalue weighted by molar-refractivity contribution is 0.0954. The lowest BCUT2D eigenvalue weighted by atomic mass is 10.2. The molecule has 0 aromatic heterocycles. The predicted octanol–water partition coefficient (Wildman–Crippen LogP) is 2.34. The molecule has 0 heterocycles. The second-order valence-electron chi connectivity index (χ2n) is 2.73. The summed E-state index contributed by atoms with van der Waals surface area (Å²) in [6.07, 6.45) is 0. The third-order valence-corrected chi connectivity index (χ3v) is 2.18. The Labute approximate surface area is 96.0 Å². The zero-order valence-electron chi connectivity index (χ0n) is 8.10. The van der Waals surface area contributed by atoms with Crippen molar-refractivity contribution >= 4 is 21.8 Å². The van der Waals surface area contributed by atoms with Crippen LogP contribution in [-0.4, -0.2) is 12.5 Å². The number of amides is 1. The van der Waals surface area contributed by atoms with Gasteiger partial charge in [0.15, 0.2) is 0 Å². The lowest BCUT2D eigenvalue weighted by Crippen LogP contribution is -2.24. The molecule has 1 aromatic rings. The molecule has 2 nitrogen and oxygen atoms in total. The molecule has 15 heavy (non-hydrogen) atoms. The molecular weight excluding hydrogens is 261 g/mol. The first-order valence-corrected chi connectivity index (χ1v) is 5.07. The van der Waals surface area contributed by atoms with Crippen LogP contribution in [0.1, 0.15) is 17.3 Å². The van der Waals surface area contributed by atoms with Crippen LogP contribution in [0.15, 0.2) is 22.7 Å². The fourth-order valence-corrected chi connectivity index (χ4v) is 1.34. The molecular formula is C11H9BrFNO. The zero-order chi connectivity index (χ0) is 11.3. The number of hydrogen-bond acceptors (Lipinski definition) is 1. The average Bonchev–Trinajstić information content (AvgIpc) is 2.22. The standard InChI is InChI=1S/C11H9BrFNO/c1-2-3-6-14-11(15)9-7-8(12)4-5-10(9)13/h4-5,7H,6H2,1H3,(H,14,15). The maximum Gasteiger partial charge on any atom is 0.255 e. The molecule has 0 aliphatic carbocycles. The molecule has 0 atom stereocenters. The Balaban J connectivity index is 2.80. The highest BCUT2D eigenvalue weighted by Gasteiger charge is 2.10. The van der Waals surface area contributed by atoms with Gasteiger partial charge >= 0.3 is 0 Å². The molecule has 0 radical (unpaired) electrons. The zero-order valence-corrected chi connectivity index (χ0v) is 9.69. The fraction of sp³-hybridized carbons (Fsp3) is 0.182. The summed E-state index contributed by atoms with van der Waals surface area (Å²) in [5.41, 5.74) is 0.0160. The van der Waals surface area contributed by atoms with E-state index < -0.39 is 11.7 Å². The summed E-state index contributed by atoms with van der Waals surface area (Å²) in [5, 5.41) is 2.49. The van der Waals surface area contributed by atoms with E-state index in [1.165, 1.54) is 18.2 Å². The first-order chi connectivity index (χ1) is 7.15. The summed E-state index contributed by atoms with van der Waals surface area (Å²) in [6.45, 7) is 1.90. The summed E-state index contributed by atoms with van der Waals surface area (Å²) in [5.74, 6) is 4.30. The first-order valence-electron chi connectivity index (χ1n) is 4.28. The van der Waals surface area contributed by atoms with Gasteiger partial charge in [0.2, 0.25) is 0 Å². The van der Waals surface area contributed by atoms with E-state index in [-0.39, 0.29) is 12.1 Å². The maximum atomic E-state index is 13.2. The molecule has 0 bridgehead atoms. The summed E-state index contributed by atoms with van der Waals surface area (Å²) < 4.78 is 13.9. The van der Waals surface area contributed by atoms with E-state index in [0.717, 1.165) is 0 Å². The van der Waals surface area contributed by atoms with Crippen molar-refractivity contribution in [3.8, 4) is 11.8 Å². The summed E-state index contributed by atoms with van der Waals surface area (Å²) >= 11 is 3.17. The van der Waals surface area contributed by atoms with Crippen molar-refractivity contribution in [2.75, 3.05) is 6.54 Å². The highest BCUT2D eigenvalue weighted by atomic mass is 79.9. The molecule has 0 fully saturated rings. The molecule has 0 aliphatic rings. The van der Waals surface area contributed by atoms with E-state index in [0.29, 0.717) is 4.47 Å². The lowest BCUT2D eigenvalue weighted by Gasteiger charge is -2.03. The Morgan fingerprint density at radius 2 is 2.33 bits per heavy atom. The Kier molecular flexibility index (Phi) is 4.32. The minimum atomic E-state index is -0.542. The number of rotatable bonds is 2. The van der Waals surface area contributed by atoms with E-state index in [1.807, 2.05) is 0 Å². The minimum Gasteiger partial charge on any atom is -0.341 e. The molecule has 0 aliphatic heterocycles. The van der Waals surface area contributed by atoms with Crippen molar-refractivity contribution in [3.05, 3.63) is 34.1 Å². The fourth-order valence-electron chi connectivity index (χ4n) is 0.980. The van der Waals surface area contributed by atoms with Crippen LogP contribution in [0.2, 0.25) is 0 Å². The molecule has 78 valence electrons. The first kappa shape index (κ1) is 11.7. The quantitative estimate of drug-likeness (QED) is 0.821. The van der Waals surface area contributed by atoms with Gasteiger partial charge in [0, 0.05) is 4.47 Å². The van der Waals surface area contributed by atoms with Crippen LogP contribution in [0.3, 0.4) is 0 Å².